The van der Waals surface area contributed by atoms with Crippen LogP contribution in [-0.4, -0.2) is 10.2 Å². The molecule has 5 heteroatoms. The fourth-order valence-corrected chi connectivity index (χ4v) is 3.32. The van der Waals surface area contributed by atoms with Crippen LogP contribution in [0.3, 0.4) is 0 Å². The van der Waals surface area contributed by atoms with Crippen molar-refractivity contribution in [2.45, 2.75) is 23.9 Å². The second-order valence-electron chi connectivity index (χ2n) is 3.57. The molecule has 1 aromatic heterocycles. The van der Waals surface area contributed by atoms with Crippen LogP contribution in [0.2, 0.25) is 0 Å². The zero-order valence-corrected chi connectivity index (χ0v) is 10.9. The number of hydrogen-bond acceptors (Lipinski definition) is 5. The Labute approximate surface area is 103 Å². The van der Waals surface area contributed by atoms with Crippen molar-refractivity contribution in [2.24, 2.45) is 0 Å². The fraction of sp³-hybridized carbons (Fsp3) is 0.273. The van der Waals surface area contributed by atoms with Gasteiger partial charge in [0.2, 0.25) is 5.13 Å². The Morgan fingerprint density at radius 2 is 1.94 bits per heavy atom. The van der Waals surface area contributed by atoms with Crippen LogP contribution in [0.15, 0.2) is 22.5 Å². The van der Waals surface area contributed by atoms with Gasteiger partial charge in [-0.05, 0) is 30.5 Å². The molecule has 1 aromatic carbocycles. The third kappa shape index (κ3) is 2.54. The normalized spacial score (nSPS) is 10.6. The summed E-state index contributed by atoms with van der Waals surface area (Å²) in [5.41, 5.74) is 9.56. The highest BCUT2D eigenvalue weighted by Crippen LogP contribution is 2.28. The molecule has 0 bridgehead atoms. The molecule has 0 saturated carbocycles. The lowest BCUT2D eigenvalue weighted by atomic mass is 10.1. The molecule has 0 atom stereocenters. The van der Waals surface area contributed by atoms with Crippen molar-refractivity contribution >= 4 is 28.2 Å². The van der Waals surface area contributed by atoms with Crippen LogP contribution in [0, 0.1) is 13.8 Å². The van der Waals surface area contributed by atoms with Gasteiger partial charge in [-0.3, -0.25) is 0 Å². The van der Waals surface area contributed by atoms with Gasteiger partial charge in [0.1, 0.15) is 0 Å². The van der Waals surface area contributed by atoms with Crippen LogP contribution in [0.25, 0.3) is 0 Å². The van der Waals surface area contributed by atoms with E-state index in [9.17, 15) is 0 Å². The van der Waals surface area contributed by atoms with Gasteiger partial charge in [-0.15, -0.1) is 10.2 Å². The maximum atomic E-state index is 5.54. The van der Waals surface area contributed by atoms with Crippen molar-refractivity contribution < 1.29 is 0 Å². The van der Waals surface area contributed by atoms with Crippen molar-refractivity contribution in [1.29, 1.82) is 0 Å². The molecule has 0 saturated heterocycles. The maximum absolute atomic E-state index is 5.54. The van der Waals surface area contributed by atoms with Crippen LogP contribution in [0.5, 0.6) is 0 Å². The van der Waals surface area contributed by atoms with Gasteiger partial charge in [-0.25, -0.2) is 0 Å². The third-order valence-corrected chi connectivity index (χ3v) is 4.32. The summed E-state index contributed by atoms with van der Waals surface area (Å²) in [5, 5.41) is 8.33. The second-order valence-corrected chi connectivity index (χ2v) is 5.80. The standard InChI is InChI=1S/C11H13N3S2/c1-7-4-3-5-8(2)9(7)6-15-11-14-13-10(12)16-11/h3-5H,6H2,1-2H3,(H2,12,13). The smallest absolute Gasteiger partial charge is 0.203 e. The maximum Gasteiger partial charge on any atom is 0.203 e. The summed E-state index contributed by atoms with van der Waals surface area (Å²) >= 11 is 3.12. The Bertz CT molecular complexity index is 473. The minimum atomic E-state index is 0.531. The van der Waals surface area contributed by atoms with Crippen molar-refractivity contribution in [3.8, 4) is 0 Å². The van der Waals surface area contributed by atoms with E-state index in [4.69, 9.17) is 5.73 Å². The van der Waals surface area contributed by atoms with Gasteiger partial charge in [-0.1, -0.05) is 41.3 Å². The van der Waals surface area contributed by atoms with Crippen molar-refractivity contribution in [3.05, 3.63) is 34.9 Å². The van der Waals surface area contributed by atoms with Gasteiger partial charge >= 0.3 is 0 Å². The van der Waals surface area contributed by atoms with E-state index < -0.39 is 0 Å². The largest absolute Gasteiger partial charge is 0.374 e. The molecule has 0 spiro atoms. The van der Waals surface area contributed by atoms with E-state index in [2.05, 4.69) is 42.2 Å². The number of thioether (sulfide) groups is 1. The first-order valence-corrected chi connectivity index (χ1v) is 6.74. The molecule has 16 heavy (non-hydrogen) atoms. The van der Waals surface area contributed by atoms with Crippen LogP contribution in [0.4, 0.5) is 5.13 Å². The summed E-state index contributed by atoms with van der Waals surface area (Å²) in [6.45, 7) is 4.27. The van der Waals surface area contributed by atoms with Crippen LogP contribution < -0.4 is 5.73 Å². The Kier molecular flexibility index (Phi) is 3.46. The molecule has 2 aromatic rings. The molecule has 0 aliphatic heterocycles. The molecule has 3 nitrogen and oxygen atoms in total. The first-order chi connectivity index (χ1) is 7.66. The number of aromatic nitrogens is 2. The van der Waals surface area contributed by atoms with Crippen LogP contribution in [0.1, 0.15) is 16.7 Å². The van der Waals surface area contributed by atoms with Gasteiger partial charge in [0.05, 0.1) is 0 Å². The molecule has 84 valence electrons. The van der Waals surface area contributed by atoms with Crippen LogP contribution in [-0.2, 0) is 5.75 Å². The lowest BCUT2D eigenvalue weighted by Gasteiger charge is -2.07. The number of nitrogens with zero attached hydrogens (tertiary/aromatic N) is 2. The number of anilines is 1. The fourth-order valence-electron chi connectivity index (χ4n) is 1.49. The molecule has 2 rings (SSSR count). The summed E-state index contributed by atoms with van der Waals surface area (Å²) in [6, 6.07) is 6.36. The van der Waals surface area contributed by atoms with Gasteiger partial charge in [0.25, 0.3) is 0 Å². The van der Waals surface area contributed by atoms with Crippen molar-refractivity contribution in [1.82, 2.24) is 10.2 Å². The predicted octanol–water partition coefficient (Wildman–Crippen LogP) is 3.03. The van der Waals surface area contributed by atoms with Crippen molar-refractivity contribution in [3.63, 3.8) is 0 Å². The third-order valence-electron chi connectivity index (χ3n) is 2.41. The summed E-state index contributed by atoms with van der Waals surface area (Å²) < 4.78 is 0.931. The zero-order chi connectivity index (χ0) is 11.5. The van der Waals surface area contributed by atoms with Gasteiger partial charge < -0.3 is 5.73 Å². The lowest BCUT2D eigenvalue weighted by Crippen LogP contribution is -1.90. The number of nitrogens with two attached hydrogens (primary N) is 1. The highest BCUT2D eigenvalue weighted by Gasteiger charge is 2.06. The first-order valence-electron chi connectivity index (χ1n) is 4.93. The van der Waals surface area contributed by atoms with E-state index in [0.717, 1.165) is 10.1 Å². The molecule has 2 N–H and O–H groups in total. The molecule has 0 amide bonds. The van der Waals surface area contributed by atoms with E-state index in [0.29, 0.717) is 5.13 Å². The molecule has 0 fully saturated rings. The summed E-state index contributed by atoms with van der Waals surface area (Å²) in [5.74, 6) is 0.924. The molecule has 1 heterocycles. The lowest BCUT2D eigenvalue weighted by molar-refractivity contribution is 1.02. The Balaban J connectivity index is 2.10. The van der Waals surface area contributed by atoms with E-state index in [1.165, 1.54) is 28.0 Å². The molecule has 0 aliphatic rings. The average molecular weight is 251 g/mol. The topological polar surface area (TPSA) is 51.8 Å². The minimum Gasteiger partial charge on any atom is -0.374 e. The Morgan fingerprint density at radius 1 is 1.25 bits per heavy atom. The predicted molar refractivity (Wildman–Crippen MR) is 69.8 cm³/mol. The monoisotopic (exact) mass is 251 g/mol. The quantitative estimate of drug-likeness (QED) is 0.852. The van der Waals surface area contributed by atoms with Gasteiger partial charge in [0, 0.05) is 5.75 Å². The first kappa shape index (κ1) is 11.4. The minimum absolute atomic E-state index is 0.531. The molecular formula is C11H13N3S2. The summed E-state index contributed by atoms with van der Waals surface area (Å²) in [4.78, 5) is 0. The van der Waals surface area contributed by atoms with Gasteiger partial charge in [0.15, 0.2) is 4.34 Å². The number of hydrogen-bond donors (Lipinski definition) is 1. The van der Waals surface area contributed by atoms with Crippen LogP contribution >= 0.6 is 23.1 Å². The number of benzene rings is 1. The second kappa shape index (κ2) is 4.84. The Morgan fingerprint density at radius 3 is 2.50 bits per heavy atom. The summed E-state index contributed by atoms with van der Waals surface area (Å²) in [7, 11) is 0. The van der Waals surface area contributed by atoms with E-state index in [1.807, 2.05) is 0 Å². The van der Waals surface area contributed by atoms with Gasteiger partial charge in [-0.2, -0.15) is 0 Å². The molecule has 0 aliphatic carbocycles. The number of nitrogen functional groups attached to an aromatic ring is 1. The zero-order valence-electron chi connectivity index (χ0n) is 9.23. The van der Waals surface area contributed by atoms with E-state index in [-0.39, 0.29) is 0 Å². The van der Waals surface area contributed by atoms with E-state index in [1.54, 1.807) is 11.8 Å². The highest BCUT2D eigenvalue weighted by molar-refractivity contribution is 8.00. The molecule has 0 unspecified atom stereocenters. The van der Waals surface area contributed by atoms with Crippen molar-refractivity contribution in [2.75, 3.05) is 5.73 Å². The molecule has 0 radical (unpaired) electrons. The Hall–Kier alpha value is -1.07. The highest BCUT2D eigenvalue weighted by atomic mass is 32.2. The number of rotatable bonds is 3. The average Bonchev–Trinajstić information content (AvgIpc) is 2.63. The van der Waals surface area contributed by atoms with E-state index >= 15 is 0 Å². The SMILES string of the molecule is Cc1cccc(C)c1CSc1nnc(N)s1. The molecular weight excluding hydrogens is 238 g/mol. The summed E-state index contributed by atoms with van der Waals surface area (Å²) in [6.07, 6.45) is 0. The number of aryl methyl sites for hydroxylation is 2.